The highest BCUT2D eigenvalue weighted by Crippen LogP contribution is 2.23. The summed E-state index contributed by atoms with van der Waals surface area (Å²) in [6.07, 6.45) is 0. The zero-order valence-electron chi connectivity index (χ0n) is 11.8. The fraction of sp³-hybridized carbons (Fsp3) is 0.267. The van der Waals surface area contributed by atoms with Crippen LogP contribution >= 0.6 is 11.3 Å². The molecule has 0 bridgehead atoms. The van der Waals surface area contributed by atoms with Crippen molar-refractivity contribution in [3.05, 3.63) is 46.2 Å². The number of methoxy groups -OCH3 is 2. The second-order valence-corrected chi connectivity index (χ2v) is 5.17. The van der Waals surface area contributed by atoms with E-state index in [-0.39, 0.29) is 5.91 Å². The van der Waals surface area contributed by atoms with E-state index in [9.17, 15) is 4.79 Å². The molecule has 0 spiro atoms. The van der Waals surface area contributed by atoms with Crippen molar-refractivity contribution in [3.63, 3.8) is 0 Å². The van der Waals surface area contributed by atoms with Gasteiger partial charge in [0, 0.05) is 25.2 Å². The van der Waals surface area contributed by atoms with E-state index >= 15 is 0 Å². The summed E-state index contributed by atoms with van der Waals surface area (Å²) in [5.74, 6) is 1.15. The largest absolute Gasteiger partial charge is 0.497 e. The van der Waals surface area contributed by atoms with Crippen molar-refractivity contribution in [2.75, 3.05) is 21.3 Å². The van der Waals surface area contributed by atoms with Crippen LogP contribution in [0.5, 0.6) is 11.5 Å². The van der Waals surface area contributed by atoms with Crippen LogP contribution in [0.4, 0.5) is 0 Å². The van der Waals surface area contributed by atoms with E-state index in [0.29, 0.717) is 23.6 Å². The van der Waals surface area contributed by atoms with Gasteiger partial charge in [-0.25, -0.2) is 0 Å². The van der Waals surface area contributed by atoms with Gasteiger partial charge in [0.25, 0.3) is 5.91 Å². The van der Waals surface area contributed by atoms with Crippen LogP contribution < -0.4 is 9.47 Å². The third-order valence-corrected chi connectivity index (χ3v) is 3.68. The fourth-order valence-corrected chi connectivity index (χ4v) is 2.54. The van der Waals surface area contributed by atoms with Gasteiger partial charge in [-0.3, -0.25) is 4.79 Å². The number of nitrogens with zero attached hydrogens (tertiary/aromatic N) is 1. The van der Waals surface area contributed by atoms with Crippen molar-refractivity contribution in [2.24, 2.45) is 0 Å². The fourth-order valence-electron chi connectivity index (χ4n) is 1.88. The van der Waals surface area contributed by atoms with Crippen LogP contribution in [-0.4, -0.2) is 32.1 Å². The molecule has 4 nitrogen and oxygen atoms in total. The molecule has 2 aromatic rings. The molecule has 1 amide bonds. The van der Waals surface area contributed by atoms with E-state index in [4.69, 9.17) is 9.47 Å². The molecule has 0 aliphatic carbocycles. The van der Waals surface area contributed by atoms with Crippen molar-refractivity contribution in [1.82, 2.24) is 4.90 Å². The van der Waals surface area contributed by atoms with E-state index in [1.165, 1.54) is 0 Å². The van der Waals surface area contributed by atoms with Crippen LogP contribution in [0.1, 0.15) is 15.9 Å². The topological polar surface area (TPSA) is 38.8 Å². The standard InChI is InChI=1S/C15H17NO3S/c1-16(9-11-4-5-20-10-11)15(17)12-6-13(18-2)8-14(7-12)19-3/h4-8,10H,9H2,1-3H3. The highest BCUT2D eigenvalue weighted by atomic mass is 32.1. The maximum Gasteiger partial charge on any atom is 0.254 e. The molecule has 20 heavy (non-hydrogen) atoms. The van der Waals surface area contributed by atoms with Gasteiger partial charge in [0.15, 0.2) is 0 Å². The smallest absolute Gasteiger partial charge is 0.254 e. The molecule has 1 aromatic heterocycles. The first kappa shape index (κ1) is 14.4. The quantitative estimate of drug-likeness (QED) is 0.850. The maximum absolute atomic E-state index is 12.4. The Hall–Kier alpha value is -2.01. The molecular weight excluding hydrogens is 274 g/mol. The zero-order valence-corrected chi connectivity index (χ0v) is 12.6. The average Bonchev–Trinajstić information content (AvgIpc) is 2.98. The molecule has 0 aliphatic rings. The number of hydrogen-bond donors (Lipinski definition) is 0. The van der Waals surface area contributed by atoms with Crippen LogP contribution in [0.2, 0.25) is 0 Å². The average molecular weight is 291 g/mol. The Kier molecular flexibility index (Phi) is 4.63. The number of thiophene rings is 1. The minimum absolute atomic E-state index is 0.0617. The number of benzene rings is 1. The molecule has 0 saturated carbocycles. The van der Waals surface area contributed by atoms with Gasteiger partial charge in [-0.2, -0.15) is 11.3 Å². The first-order valence-corrected chi connectivity index (χ1v) is 7.08. The van der Waals surface area contributed by atoms with E-state index in [0.717, 1.165) is 5.56 Å². The third kappa shape index (κ3) is 3.30. The van der Waals surface area contributed by atoms with Gasteiger partial charge in [-0.1, -0.05) is 0 Å². The van der Waals surface area contributed by atoms with Crippen molar-refractivity contribution < 1.29 is 14.3 Å². The lowest BCUT2D eigenvalue weighted by molar-refractivity contribution is 0.0784. The number of ether oxygens (including phenoxy) is 2. The third-order valence-electron chi connectivity index (χ3n) is 2.94. The molecule has 106 valence electrons. The maximum atomic E-state index is 12.4. The van der Waals surface area contributed by atoms with Crippen LogP contribution in [-0.2, 0) is 6.54 Å². The molecule has 0 fully saturated rings. The van der Waals surface area contributed by atoms with Gasteiger partial charge in [0.05, 0.1) is 14.2 Å². The normalized spacial score (nSPS) is 10.2. The minimum atomic E-state index is -0.0617. The molecule has 2 rings (SSSR count). The second kappa shape index (κ2) is 6.43. The van der Waals surface area contributed by atoms with Gasteiger partial charge in [-0.15, -0.1) is 0 Å². The number of hydrogen-bond acceptors (Lipinski definition) is 4. The predicted molar refractivity (Wildman–Crippen MR) is 79.7 cm³/mol. The monoisotopic (exact) mass is 291 g/mol. The lowest BCUT2D eigenvalue weighted by atomic mass is 10.1. The van der Waals surface area contributed by atoms with Crippen molar-refractivity contribution in [3.8, 4) is 11.5 Å². The molecule has 0 atom stereocenters. The number of carbonyl (C=O) groups is 1. The van der Waals surface area contributed by atoms with Gasteiger partial charge >= 0.3 is 0 Å². The van der Waals surface area contributed by atoms with E-state index in [2.05, 4.69) is 0 Å². The van der Waals surface area contributed by atoms with Crippen molar-refractivity contribution >= 4 is 17.2 Å². The van der Waals surface area contributed by atoms with E-state index in [1.54, 1.807) is 55.7 Å². The van der Waals surface area contributed by atoms with Gasteiger partial charge < -0.3 is 14.4 Å². The SMILES string of the molecule is COc1cc(OC)cc(C(=O)N(C)Cc2ccsc2)c1. The lowest BCUT2D eigenvalue weighted by Crippen LogP contribution is -2.26. The summed E-state index contributed by atoms with van der Waals surface area (Å²) in [4.78, 5) is 14.1. The zero-order chi connectivity index (χ0) is 14.5. The lowest BCUT2D eigenvalue weighted by Gasteiger charge is -2.17. The molecule has 0 aliphatic heterocycles. The second-order valence-electron chi connectivity index (χ2n) is 4.39. The van der Waals surface area contributed by atoms with Crippen LogP contribution in [0, 0.1) is 0 Å². The summed E-state index contributed by atoms with van der Waals surface area (Å²) < 4.78 is 10.4. The highest BCUT2D eigenvalue weighted by molar-refractivity contribution is 7.07. The molecule has 0 N–H and O–H groups in total. The molecule has 0 saturated heterocycles. The highest BCUT2D eigenvalue weighted by Gasteiger charge is 2.14. The molecule has 1 aromatic carbocycles. The first-order chi connectivity index (χ1) is 9.63. The Morgan fingerprint density at radius 2 is 1.85 bits per heavy atom. The Morgan fingerprint density at radius 3 is 2.35 bits per heavy atom. The van der Waals surface area contributed by atoms with E-state index in [1.807, 2.05) is 16.8 Å². The van der Waals surface area contributed by atoms with Crippen molar-refractivity contribution in [2.45, 2.75) is 6.54 Å². The summed E-state index contributed by atoms with van der Waals surface area (Å²) in [6, 6.07) is 7.19. The molecule has 1 heterocycles. The Bertz CT molecular complexity index is 559. The Labute approximate surface area is 122 Å². The summed E-state index contributed by atoms with van der Waals surface area (Å²) >= 11 is 1.62. The number of amides is 1. The van der Waals surface area contributed by atoms with Gasteiger partial charge in [-0.05, 0) is 34.5 Å². The Balaban J connectivity index is 2.19. The van der Waals surface area contributed by atoms with Gasteiger partial charge in [0.2, 0.25) is 0 Å². The van der Waals surface area contributed by atoms with Crippen molar-refractivity contribution in [1.29, 1.82) is 0 Å². The van der Waals surface area contributed by atoms with E-state index < -0.39 is 0 Å². The van der Waals surface area contributed by atoms with Crippen LogP contribution in [0.25, 0.3) is 0 Å². The molecular formula is C15H17NO3S. The number of carbonyl (C=O) groups excluding carboxylic acids is 1. The molecule has 0 radical (unpaired) electrons. The summed E-state index contributed by atoms with van der Waals surface area (Å²) in [5.41, 5.74) is 1.68. The van der Waals surface area contributed by atoms with Crippen LogP contribution in [0.15, 0.2) is 35.0 Å². The predicted octanol–water partition coefficient (Wildman–Crippen LogP) is 3.04. The van der Waals surface area contributed by atoms with Gasteiger partial charge in [0.1, 0.15) is 11.5 Å². The molecule has 0 unspecified atom stereocenters. The summed E-state index contributed by atoms with van der Waals surface area (Å²) in [7, 11) is 4.92. The number of rotatable bonds is 5. The Morgan fingerprint density at radius 1 is 1.20 bits per heavy atom. The summed E-state index contributed by atoms with van der Waals surface area (Å²) in [5, 5.41) is 4.04. The minimum Gasteiger partial charge on any atom is -0.497 e. The summed E-state index contributed by atoms with van der Waals surface area (Å²) in [6.45, 7) is 0.585. The van der Waals surface area contributed by atoms with Crippen LogP contribution in [0.3, 0.4) is 0 Å². The molecule has 5 heteroatoms. The first-order valence-electron chi connectivity index (χ1n) is 6.13.